The first-order chi connectivity index (χ1) is 14.5. The third-order valence-corrected chi connectivity index (χ3v) is 6.07. The highest BCUT2D eigenvalue weighted by molar-refractivity contribution is 9.10. The Kier molecular flexibility index (Phi) is 4.51. The van der Waals surface area contributed by atoms with Crippen LogP contribution in [0.1, 0.15) is 34.0 Å². The molecule has 0 unspecified atom stereocenters. The molecule has 6 heteroatoms. The van der Waals surface area contributed by atoms with Crippen molar-refractivity contribution >= 4 is 44.2 Å². The van der Waals surface area contributed by atoms with E-state index in [9.17, 15) is 9.59 Å². The van der Waals surface area contributed by atoms with E-state index in [-0.39, 0.29) is 18.1 Å². The lowest BCUT2D eigenvalue weighted by Crippen LogP contribution is -2.28. The summed E-state index contributed by atoms with van der Waals surface area (Å²) in [5.41, 5.74) is 2.98. The van der Waals surface area contributed by atoms with E-state index < -0.39 is 5.92 Å². The highest BCUT2D eigenvalue weighted by Gasteiger charge is 2.36. The summed E-state index contributed by atoms with van der Waals surface area (Å²) >= 11 is 3.44. The molecule has 5 rings (SSSR count). The van der Waals surface area contributed by atoms with Gasteiger partial charge in [-0.05, 0) is 42.0 Å². The predicted octanol–water partition coefficient (Wildman–Crippen LogP) is 5.41. The Morgan fingerprint density at radius 1 is 1.07 bits per heavy atom. The Morgan fingerprint density at radius 3 is 2.60 bits per heavy atom. The standard InChI is InChI=1S/C24H18BrN3O2/c1-14-22-20(23(30)19-8-4-6-15-5-2-3-7-18(15)19)13-21(29)26-24(22)28(27-14)17-11-9-16(25)10-12-17/h2-12,20H,13H2,1H3,(H,26,29)/t20-/m0/s1. The van der Waals surface area contributed by atoms with Gasteiger partial charge in [-0.15, -0.1) is 0 Å². The number of rotatable bonds is 3. The molecule has 1 aliphatic heterocycles. The minimum atomic E-state index is -0.566. The zero-order chi connectivity index (χ0) is 20.8. The molecule has 0 saturated carbocycles. The SMILES string of the molecule is Cc1nn(-c2ccc(Br)cc2)c2c1[C@@H](C(=O)c1cccc3ccccc13)CC(=O)N2. The molecule has 1 N–H and O–H groups in total. The maximum atomic E-state index is 13.6. The van der Waals surface area contributed by atoms with E-state index in [1.165, 1.54) is 0 Å². The molecule has 5 nitrogen and oxygen atoms in total. The van der Waals surface area contributed by atoms with Crippen LogP contribution >= 0.6 is 15.9 Å². The molecule has 0 spiro atoms. The number of aromatic nitrogens is 2. The predicted molar refractivity (Wildman–Crippen MR) is 120 cm³/mol. The second kappa shape index (κ2) is 7.22. The van der Waals surface area contributed by atoms with Crippen LogP contribution in [-0.4, -0.2) is 21.5 Å². The van der Waals surface area contributed by atoms with Gasteiger partial charge in [0.2, 0.25) is 5.91 Å². The van der Waals surface area contributed by atoms with Crippen LogP contribution < -0.4 is 5.32 Å². The van der Waals surface area contributed by atoms with Crippen molar-refractivity contribution in [2.45, 2.75) is 19.3 Å². The fourth-order valence-electron chi connectivity index (χ4n) is 4.17. The highest BCUT2D eigenvalue weighted by Crippen LogP contribution is 2.39. The highest BCUT2D eigenvalue weighted by atomic mass is 79.9. The van der Waals surface area contributed by atoms with Gasteiger partial charge >= 0.3 is 0 Å². The van der Waals surface area contributed by atoms with Crippen LogP contribution in [0.5, 0.6) is 0 Å². The number of nitrogens with one attached hydrogen (secondary N) is 1. The lowest BCUT2D eigenvalue weighted by molar-refractivity contribution is -0.116. The molecule has 0 aliphatic carbocycles. The summed E-state index contributed by atoms with van der Waals surface area (Å²) in [5, 5.41) is 9.49. The van der Waals surface area contributed by atoms with Gasteiger partial charge in [-0.2, -0.15) is 5.10 Å². The summed E-state index contributed by atoms with van der Waals surface area (Å²) < 4.78 is 2.66. The second-order valence-electron chi connectivity index (χ2n) is 7.43. The average Bonchev–Trinajstić information content (AvgIpc) is 3.09. The van der Waals surface area contributed by atoms with Crippen molar-refractivity contribution in [2.24, 2.45) is 0 Å². The van der Waals surface area contributed by atoms with E-state index >= 15 is 0 Å². The number of anilines is 1. The summed E-state index contributed by atoms with van der Waals surface area (Å²) in [6.45, 7) is 1.88. The van der Waals surface area contributed by atoms with Gasteiger partial charge in [0.15, 0.2) is 5.78 Å². The van der Waals surface area contributed by atoms with Gasteiger partial charge in [-0.3, -0.25) is 9.59 Å². The first-order valence-electron chi connectivity index (χ1n) is 9.70. The topological polar surface area (TPSA) is 64.0 Å². The maximum Gasteiger partial charge on any atom is 0.226 e. The number of ketones is 1. The molecule has 0 radical (unpaired) electrons. The Hall–Kier alpha value is -3.25. The summed E-state index contributed by atoms with van der Waals surface area (Å²) in [6, 6.07) is 21.2. The number of fused-ring (bicyclic) bond motifs is 2. The van der Waals surface area contributed by atoms with Crippen LogP contribution in [0.2, 0.25) is 0 Å². The zero-order valence-electron chi connectivity index (χ0n) is 16.2. The van der Waals surface area contributed by atoms with Crippen LogP contribution in [0.3, 0.4) is 0 Å². The van der Waals surface area contributed by atoms with Crippen molar-refractivity contribution in [3.8, 4) is 5.69 Å². The molecule has 1 atom stereocenters. The number of amides is 1. The largest absolute Gasteiger partial charge is 0.310 e. The normalized spacial score (nSPS) is 15.7. The van der Waals surface area contributed by atoms with Gasteiger partial charge in [0.1, 0.15) is 5.82 Å². The molecule has 0 saturated heterocycles. The molecular weight excluding hydrogens is 442 g/mol. The summed E-state index contributed by atoms with van der Waals surface area (Å²) in [5.74, 6) is -0.228. The maximum absolute atomic E-state index is 13.6. The summed E-state index contributed by atoms with van der Waals surface area (Å²) in [7, 11) is 0. The van der Waals surface area contributed by atoms with Gasteiger partial charge in [0.25, 0.3) is 0 Å². The van der Waals surface area contributed by atoms with Gasteiger partial charge < -0.3 is 5.32 Å². The van der Waals surface area contributed by atoms with E-state index in [1.807, 2.05) is 73.7 Å². The fraction of sp³-hybridized carbons (Fsp3) is 0.125. The Bertz CT molecular complexity index is 1300. The third-order valence-electron chi connectivity index (χ3n) is 5.55. The number of carbonyl (C=O) groups is 2. The summed E-state index contributed by atoms with van der Waals surface area (Å²) in [4.78, 5) is 26.2. The Morgan fingerprint density at radius 2 is 1.80 bits per heavy atom. The quantitative estimate of drug-likeness (QED) is 0.416. The molecule has 1 aliphatic rings. The minimum Gasteiger partial charge on any atom is -0.310 e. The number of hydrogen-bond acceptors (Lipinski definition) is 3. The molecule has 0 fully saturated rings. The van der Waals surface area contributed by atoms with Crippen molar-refractivity contribution in [2.75, 3.05) is 5.32 Å². The van der Waals surface area contributed by atoms with Crippen molar-refractivity contribution in [3.05, 3.63) is 88.0 Å². The van der Waals surface area contributed by atoms with Crippen molar-refractivity contribution in [3.63, 3.8) is 0 Å². The first-order valence-corrected chi connectivity index (χ1v) is 10.5. The number of Topliss-reactive ketones (excluding diaryl/α,β-unsaturated/α-hetero) is 1. The van der Waals surface area contributed by atoms with Gasteiger partial charge in [-0.25, -0.2) is 4.68 Å². The number of aryl methyl sites for hydroxylation is 1. The van der Waals surface area contributed by atoms with Crippen molar-refractivity contribution in [1.82, 2.24) is 9.78 Å². The molecule has 2 heterocycles. The Balaban J connectivity index is 1.64. The molecule has 3 aromatic carbocycles. The number of halogens is 1. The smallest absolute Gasteiger partial charge is 0.226 e. The molecule has 0 bridgehead atoms. The van der Waals surface area contributed by atoms with Crippen molar-refractivity contribution < 1.29 is 9.59 Å². The minimum absolute atomic E-state index is 0.0543. The molecular formula is C24H18BrN3O2. The molecule has 1 aromatic heterocycles. The average molecular weight is 460 g/mol. The zero-order valence-corrected chi connectivity index (χ0v) is 17.8. The third kappa shape index (κ3) is 3.04. The number of nitrogens with zero attached hydrogens (tertiary/aromatic N) is 2. The second-order valence-corrected chi connectivity index (χ2v) is 8.35. The van der Waals surface area contributed by atoms with Crippen LogP contribution in [0, 0.1) is 6.92 Å². The summed E-state index contributed by atoms with van der Waals surface area (Å²) in [6.07, 6.45) is 0.113. The molecule has 148 valence electrons. The lowest BCUT2D eigenvalue weighted by atomic mass is 9.84. The van der Waals surface area contributed by atoms with E-state index in [0.717, 1.165) is 32.2 Å². The van der Waals surface area contributed by atoms with E-state index in [1.54, 1.807) is 4.68 Å². The van der Waals surface area contributed by atoms with Crippen LogP contribution in [0.4, 0.5) is 5.82 Å². The number of hydrogen-bond donors (Lipinski definition) is 1. The van der Waals surface area contributed by atoms with Gasteiger partial charge in [0, 0.05) is 22.0 Å². The number of benzene rings is 3. The van der Waals surface area contributed by atoms with Gasteiger partial charge in [-0.1, -0.05) is 58.4 Å². The first kappa shape index (κ1) is 18.8. The number of carbonyl (C=O) groups excluding carboxylic acids is 2. The van der Waals surface area contributed by atoms with Crippen molar-refractivity contribution in [1.29, 1.82) is 0 Å². The van der Waals surface area contributed by atoms with Gasteiger partial charge in [0.05, 0.1) is 17.3 Å². The van der Waals surface area contributed by atoms with Crippen LogP contribution in [-0.2, 0) is 4.79 Å². The van der Waals surface area contributed by atoms with Crippen LogP contribution in [0.25, 0.3) is 16.5 Å². The fourth-order valence-corrected chi connectivity index (χ4v) is 4.43. The van der Waals surface area contributed by atoms with E-state index in [0.29, 0.717) is 11.4 Å². The van der Waals surface area contributed by atoms with E-state index in [4.69, 9.17) is 0 Å². The molecule has 30 heavy (non-hydrogen) atoms. The lowest BCUT2D eigenvalue weighted by Gasteiger charge is -2.23. The monoisotopic (exact) mass is 459 g/mol. The van der Waals surface area contributed by atoms with E-state index in [2.05, 4.69) is 26.3 Å². The molecule has 1 amide bonds. The van der Waals surface area contributed by atoms with Crippen LogP contribution in [0.15, 0.2) is 71.2 Å². The molecule has 4 aromatic rings. The Labute approximate surface area is 181 Å².